The normalized spacial score (nSPS) is 12.2. The molecule has 1 atom stereocenters. The van der Waals surface area contributed by atoms with Crippen LogP contribution in [0.15, 0.2) is 16.7 Å². The first kappa shape index (κ1) is 13.8. The van der Waals surface area contributed by atoms with Gasteiger partial charge >= 0.3 is 0 Å². The molecular formula is C12H16BrN5O. The number of hydrogen-bond donors (Lipinski definition) is 2. The van der Waals surface area contributed by atoms with Gasteiger partial charge in [-0.1, -0.05) is 0 Å². The van der Waals surface area contributed by atoms with Crippen LogP contribution in [0.2, 0.25) is 0 Å². The Kier molecular flexibility index (Phi) is 4.36. The van der Waals surface area contributed by atoms with E-state index in [-0.39, 0.29) is 6.04 Å². The van der Waals surface area contributed by atoms with Gasteiger partial charge in [0.2, 0.25) is 11.8 Å². The second-order valence-electron chi connectivity index (χ2n) is 4.34. The molecule has 2 rings (SSSR count). The van der Waals surface area contributed by atoms with Crippen molar-refractivity contribution in [1.82, 2.24) is 20.2 Å². The third-order valence-electron chi connectivity index (χ3n) is 2.56. The Morgan fingerprint density at radius 1 is 1.53 bits per heavy atom. The average molecular weight is 326 g/mol. The summed E-state index contributed by atoms with van der Waals surface area (Å²) in [6, 6.07) is 2.20. The van der Waals surface area contributed by atoms with E-state index in [1.807, 2.05) is 13.0 Å². The van der Waals surface area contributed by atoms with Crippen molar-refractivity contribution in [1.29, 1.82) is 0 Å². The van der Waals surface area contributed by atoms with Crippen LogP contribution < -0.4 is 10.1 Å². The van der Waals surface area contributed by atoms with Crippen LogP contribution in [-0.4, -0.2) is 33.3 Å². The first-order valence-electron chi connectivity index (χ1n) is 5.92. The molecule has 102 valence electrons. The van der Waals surface area contributed by atoms with Crippen LogP contribution in [0, 0.1) is 6.92 Å². The summed E-state index contributed by atoms with van der Waals surface area (Å²) < 4.78 is 5.87. The minimum atomic E-state index is 0.175. The summed E-state index contributed by atoms with van der Waals surface area (Å²) in [4.78, 5) is 8.45. The van der Waals surface area contributed by atoms with Crippen molar-refractivity contribution < 1.29 is 4.74 Å². The number of H-pyrrole nitrogens is 1. The fourth-order valence-electron chi connectivity index (χ4n) is 1.73. The third kappa shape index (κ3) is 3.66. The predicted molar refractivity (Wildman–Crippen MR) is 76.4 cm³/mol. The van der Waals surface area contributed by atoms with Crippen LogP contribution >= 0.6 is 15.9 Å². The van der Waals surface area contributed by atoms with Gasteiger partial charge in [-0.25, -0.2) is 4.98 Å². The summed E-state index contributed by atoms with van der Waals surface area (Å²) in [6.45, 7) is 4.04. The minimum Gasteiger partial charge on any atom is -0.480 e. The Labute approximate surface area is 120 Å². The van der Waals surface area contributed by atoms with E-state index >= 15 is 0 Å². The molecule has 1 unspecified atom stereocenters. The van der Waals surface area contributed by atoms with Crippen LogP contribution in [0.4, 0.5) is 5.95 Å². The van der Waals surface area contributed by atoms with Gasteiger partial charge in [0.1, 0.15) is 0 Å². The largest absolute Gasteiger partial charge is 0.480 e. The maximum absolute atomic E-state index is 5.13. The quantitative estimate of drug-likeness (QED) is 0.882. The van der Waals surface area contributed by atoms with E-state index < -0.39 is 0 Å². The first-order chi connectivity index (χ1) is 9.08. The Morgan fingerprint density at radius 2 is 2.32 bits per heavy atom. The number of halogens is 1. The van der Waals surface area contributed by atoms with E-state index in [0.29, 0.717) is 11.8 Å². The standard InChI is InChI=1S/C12H16BrN5O/c1-7(4-9-5-8(2)17-18-9)15-12-14-6-10(13)11(16-12)19-3/h5-7H,4H2,1-3H3,(H,17,18)(H,14,15,16). The molecule has 0 aliphatic carbocycles. The number of hydrogen-bond acceptors (Lipinski definition) is 5. The molecular weight excluding hydrogens is 310 g/mol. The summed E-state index contributed by atoms with van der Waals surface area (Å²) in [6.07, 6.45) is 2.46. The Hall–Kier alpha value is -1.63. The van der Waals surface area contributed by atoms with E-state index in [0.717, 1.165) is 22.3 Å². The van der Waals surface area contributed by atoms with Gasteiger partial charge in [-0.05, 0) is 35.8 Å². The fraction of sp³-hybridized carbons (Fsp3) is 0.417. The molecule has 0 saturated carbocycles. The zero-order valence-electron chi connectivity index (χ0n) is 11.1. The van der Waals surface area contributed by atoms with E-state index in [1.54, 1.807) is 13.3 Å². The molecule has 19 heavy (non-hydrogen) atoms. The number of anilines is 1. The molecule has 0 aliphatic rings. The summed E-state index contributed by atoms with van der Waals surface area (Å²) in [5.74, 6) is 1.06. The molecule has 0 spiro atoms. The molecule has 0 radical (unpaired) electrons. The lowest BCUT2D eigenvalue weighted by Crippen LogP contribution is -2.20. The van der Waals surface area contributed by atoms with Gasteiger partial charge in [0.15, 0.2) is 0 Å². The maximum Gasteiger partial charge on any atom is 0.232 e. The number of methoxy groups -OCH3 is 1. The van der Waals surface area contributed by atoms with Crippen molar-refractivity contribution in [2.45, 2.75) is 26.3 Å². The van der Waals surface area contributed by atoms with Crippen molar-refractivity contribution >= 4 is 21.9 Å². The summed E-state index contributed by atoms with van der Waals surface area (Å²) in [5.41, 5.74) is 2.07. The van der Waals surface area contributed by atoms with Crippen LogP contribution in [0.3, 0.4) is 0 Å². The van der Waals surface area contributed by atoms with Gasteiger partial charge in [0, 0.05) is 18.2 Å². The highest BCUT2D eigenvalue weighted by Gasteiger charge is 2.10. The van der Waals surface area contributed by atoms with E-state index in [4.69, 9.17) is 4.74 Å². The molecule has 0 bridgehead atoms. The lowest BCUT2D eigenvalue weighted by atomic mass is 10.2. The molecule has 6 nitrogen and oxygen atoms in total. The highest BCUT2D eigenvalue weighted by Crippen LogP contribution is 2.22. The average Bonchev–Trinajstić information content (AvgIpc) is 2.77. The van der Waals surface area contributed by atoms with Crippen molar-refractivity contribution in [3.8, 4) is 5.88 Å². The van der Waals surface area contributed by atoms with E-state index in [1.165, 1.54) is 0 Å². The molecule has 0 amide bonds. The number of aromatic amines is 1. The van der Waals surface area contributed by atoms with Gasteiger partial charge in [0.25, 0.3) is 0 Å². The van der Waals surface area contributed by atoms with Crippen LogP contribution in [0.1, 0.15) is 18.3 Å². The summed E-state index contributed by atoms with van der Waals surface area (Å²) in [5, 5.41) is 10.4. The van der Waals surface area contributed by atoms with Crippen molar-refractivity contribution in [3.05, 3.63) is 28.1 Å². The molecule has 0 aliphatic heterocycles. The lowest BCUT2D eigenvalue weighted by Gasteiger charge is -2.13. The van der Waals surface area contributed by atoms with E-state index in [2.05, 4.69) is 48.3 Å². The SMILES string of the molecule is COc1nc(NC(C)Cc2cc(C)[nH]n2)ncc1Br. The molecule has 2 aromatic heterocycles. The fourth-order valence-corrected chi connectivity index (χ4v) is 2.08. The maximum atomic E-state index is 5.13. The zero-order valence-corrected chi connectivity index (χ0v) is 12.7. The molecule has 2 heterocycles. The summed E-state index contributed by atoms with van der Waals surface area (Å²) >= 11 is 3.32. The highest BCUT2D eigenvalue weighted by atomic mass is 79.9. The molecule has 0 saturated heterocycles. The number of nitrogens with zero attached hydrogens (tertiary/aromatic N) is 3. The zero-order chi connectivity index (χ0) is 13.8. The number of aromatic nitrogens is 4. The third-order valence-corrected chi connectivity index (χ3v) is 3.10. The van der Waals surface area contributed by atoms with Gasteiger partial charge in [0.05, 0.1) is 23.5 Å². The Bertz CT molecular complexity index is 557. The number of aryl methyl sites for hydroxylation is 1. The van der Waals surface area contributed by atoms with Gasteiger partial charge in [-0.15, -0.1) is 0 Å². The van der Waals surface area contributed by atoms with E-state index in [9.17, 15) is 0 Å². The summed E-state index contributed by atoms with van der Waals surface area (Å²) in [7, 11) is 1.58. The van der Waals surface area contributed by atoms with Crippen LogP contribution in [-0.2, 0) is 6.42 Å². The Balaban J connectivity index is 2.00. The monoisotopic (exact) mass is 325 g/mol. The van der Waals surface area contributed by atoms with Crippen molar-refractivity contribution in [3.63, 3.8) is 0 Å². The molecule has 0 fully saturated rings. The molecule has 7 heteroatoms. The second kappa shape index (κ2) is 6.01. The van der Waals surface area contributed by atoms with Gasteiger partial charge in [-0.2, -0.15) is 10.1 Å². The first-order valence-corrected chi connectivity index (χ1v) is 6.71. The second-order valence-corrected chi connectivity index (χ2v) is 5.20. The molecule has 2 N–H and O–H groups in total. The van der Waals surface area contributed by atoms with Crippen LogP contribution in [0.25, 0.3) is 0 Å². The Morgan fingerprint density at radius 3 is 2.95 bits per heavy atom. The number of nitrogens with one attached hydrogen (secondary N) is 2. The minimum absolute atomic E-state index is 0.175. The van der Waals surface area contributed by atoms with Gasteiger partial charge < -0.3 is 10.1 Å². The topological polar surface area (TPSA) is 75.7 Å². The van der Waals surface area contributed by atoms with Gasteiger partial charge in [-0.3, -0.25) is 5.10 Å². The predicted octanol–water partition coefficient (Wildman–Crippen LogP) is 2.32. The lowest BCUT2D eigenvalue weighted by molar-refractivity contribution is 0.394. The van der Waals surface area contributed by atoms with Crippen LogP contribution in [0.5, 0.6) is 5.88 Å². The molecule has 2 aromatic rings. The number of ether oxygens (including phenoxy) is 1. The van der Waals surface area contributed by atoms with Crippen molar-refractivity contribution in [2.75, 3.05) is 12.4 Å². The molecule has 0 aromatic carbocycles. The van der Waals surface area contributed by atoms with Crippen molar-refractivity contribution in [2.24, 2.45) is 0 Å². The highest BCUT2D eigenvalue weighted by molar-refractivity contribution is 9.10. The smallest absolute Gasteiger partial charge is 0.232 e. The number of rotatable bonds is 5.